The normalized spacial score (nSPS) is 12.2. The number of rotatable bonds is 15. The number of hydrogen-bond acceptors (Lipinski definition) is 4. The first-order chi connectivity index (χ1) is 11.5. The summed E-state index contributed by atoms with van der Waals surface area (Å²) in [7, 11) is 0. The fourth-order valence-electron chi connectivity index (χ4n) is 2.35. The second-order valence-corrected chi connectivity index (χ2v) is 6.13. The van der Waals surface area contributed by atoms with Crippen molar-refractivity contribution in [2.75, 3.05) is 39.5 Å². The van der Waals surface area contributed by atoms with Crippen molar-refractivity contribution in [3.8, 4) is 0 Å². The summed E-state index contributed by atoms with van der Waals surface area (Å²) < 4.78 is 10.5. The minimum Gasteiger partial charge on any atom is -0.382 e. The second kappa shape index (κ2) is 15.4. The number of ether oxygens (including phenoxy) is 2. The molecule has 2 N–H and O–H groups in total. The molecule has 1 unspecified atom stereocenters. The largest absolute Gasteiger partial charge is 0.382 e. The highest BCUT2D eigenvalue weighted by Gasteiger charge is 2.22. The summed E-state index contributed by atoms with van der Waals surface area (Å²) in [6.45, 7) is 11.9. The molecule has 0 saturated heterocycles. The Hall–Kier alpha value is -1.14. The molecule has 6 heteroatoms. The van der Waals surface area contributed by atoms with Crippen LogP contribution in [0.2, 0.25) is 0 Å². The molecule has 6 nitrogen and oxygen atoms in total. The van der Waals surface area contributed by atoms with Crippen molar-refractivity contribution in [2.24, 2.45) is 11.8 Å². The van der Waals surface area contributed by atoms with Gasteiger partial charge in [0.05, 0.1) is 0 Å². The molecule has 0 aliphatic rings. The minimum atomic E-state index is -0.133. The summed E-state index contributed by atoms with van der Waals surface area (Å²) in [4.78, 5) is 24.1. The van der Waals surface area contributed by atoms with Gasteiger partial charge in [0.25, 0.3) is 0 Å². The van der Waals surface area contributed by atoms with Crippen molar-refractivity contribution in [3.05, 3.63) is 0 Å². The van der Waals surface area contributed by atoms with Crippen LogP contribution in [0.5, 0.6) is 0 Å². The van der Waals surface area contributed by atoms with Crippen LogP contribution in [-0.2, 0) is 19.1 Å². The number of carbonyl (C=O) groups is 2. The highest BCUT2D eigenvalue weighted by molar-refractivity contribution is 5.80. The summed E-state index contributed by atoms with van der Waals surface area (Å²) >= 11 is 0. The zero-order valence-electron chi connectivity index (χ0n) is 15.9. The van der Waals surface area contributed by atoms with E-state index in [1.165, 1.54) is 0 Å². The first-order valence-corrected chi connectivity index (χ1v) is 9.22. The zero-order valence-corrected chi connectivity index (χ0v) is 15.9. The van der Waals surface area contributed by atoms with E-state index >= 15 is 0 Å². The summed E-state index contributed by atoms with van der Waals surface area (Å²) in [6, 6.07) is 0. The number of nitrogens with one attached hydrogen (secondary N) is 2. The Morgan fingerprint density at radius 1 is 0.917 bits per heavy atom. The van der Waals surface area contributed by atoms with Crippen molar-refractivity contribution in [1.29, 1.82) is 0 Å². The molecule has 0 aliphatic carbocycles. The van der Waals surface area contributed by atoms with Gasteiger partial charge in [0.2, 0.25) is 11.8 Å². The van der Waals surface area contributed by atoms with E-state index in [4.69, 9.17) is 9.47 Å². The average Bonchev–Trinajstić information content (AvgIpc) is 2.54. The van der Waals surface area contributed by atoms with Crippen LogP contribution in [0, 0.1) is 11.8 Å². The lowest BCUT2D eigenvalue weighted by molar-refractivity contribution is -0.127. The Bertz CT molecular complexity index is 335. The van der Waals surface area contributed by atoms with E-state index < -0.39 is 0 Å². The van der Waals surface area contributed by atoms with Crippen molar-refractivity contribution in [3.63, 3.8) is 0 Å². The topological polar surface area (TPSA) is 76.7 Å². The first kappa shape index (κ1) is 22.9. The van der Waals surface area contributed by atoms with Gasteiger partial charge >= 0.3 is 0 Å². The van der Waals surface area contributed by atoms with Crippen LogP contribution >= 0.6 is 0 Å². The molecule has 0 aromatic heterocycles. The van der Waals surface area contributed by atoms with Crippen molar-refractivity contribution < 1.29 is 19.1 Å². The molecule has 0 aromatic rings. The maximum Gasteiger partial charge on any atom is 0.223 e. The number of carbonyl (C=O) groups excluding carboxylic acids is 2. The van der Waals surface area contributed by atoms with Gasteiger partial charge in [-0.1, -0.05) is 13.8 Å². The van der Waals surface area contributed by atoms with Gasteiger partial charge in [-0.3, -0.25) is 9.59 Å². The standard InChI is InChI=1S/C18H36N2O4/c1-5-23-13-7-11-19-17(21)10-9-16(15(3)4)18(22)20-12-8-14-24-6-2/h15-16H,5-14H2,1-4H3,(H,19,21)(H,20,22). The quantitative estimate of drug-likeness (QED) is 0.446. The molecule has 0 radical (unpaired) electrons. The molecule has 0 saturated carbocycles. The maximum atomic E-state index is 12.3. The van der Waals surface area contributed by atoms with Gasteiger partial charge in [0.1, 0.15) is 0 Å². The Morgan fingerprint density at radius 2 is 1.46 bits per heavy atom. The highest BCUT2D eigenvalue weighted by atomic mass is 16.5. The minimum absolute atomic E-state index is 0.00120. The SMILES string of the molecule is CCOCCCNC(=O)CCC(C(=O)NCCCOCC)C(C)C. The Morgan fingerprint density at radius 3 is 1.96 bits per heavy atom. The van der Waals surface area contributed by atoms with Crippen molar-refractivity contribution in [2.45, 2.75) is 53.4 Å². The van der Waals surface area contributed by atoms with E-state index in [9.17, 15) is 9.59 Å². The predicted octanol–water partition coefficient (Wildman–Crippen LogP) is 2.12. The molecular weight excluding hydrogens is 308 g/mol. The van der Waals surface area contributed by atoms with Crippen LogP contribution in [0.1, 0.15) is 53.4 Å². The lowest BCUT2D eigenvalue weighted by Gasteiger charge is -2.20. The summed E-state index contributed by atoms with van der Waals surface area (Å²) in [5.74, 6) is 0.112. The molecule has 0 fully saturated rings. The Kier molecular flexibility index (Phi) is 14.7. The first-order valence-electron chi connectivity index (χ1n) is 9.22. The van der Waals surface area contributed by atoms with Gasteiger partial charge in [-0.25, -0.2) is 0 Å². The van der Waals surface area contributed by atoms with E-state index in [0.29, 0.717) is 52.4 Å². The molecule has 0 spiro atoms. The van der Waals surface area contributed by atoms with Crippen LogP contribution < -0.4 is 10.6 Å². The third-order valence-electron chi connectivity index (χ3n) is 3.78. The molecule has 0 rings (SSSR count). The van der Waals surface area contributed by atoms with E-state index in [2.05, 4.69) is 10.6 Å². The third kappa shape index (κ3) is 12.3. The fraction of sp³-hybridized carbons (Fsp3) is 0.889. The molecule has 0 heterocycles. The summed E-state index contributed by atoms with van der Waals surface area (Å²) in [5, 5.41) is 5.82. The second-order valence-electron chi connectivity index (χ2n) is 6.13. The molecule has 0 bridgehead atoms. The molecule has 24 heavy (non-hydrogen) atoms. The van der Waals surface area contributed by atoms with Crippen LogP contribution in [0.3, 0.4) is 0 Å². The van der Waals surface area contributed by atoms with E-state index in [0.717, 1.165) is 12.8 Å². The zero-order chi connectivity index (χ0) is 18.2. The fourth-order valence-corrected chi connectivity index (χ4v) is 2.35. The molecule has 0 aliphatic heterocycles. The smallest absolute Gasteiger partial charge is 0.223 e. The lowest BCUT2D eigenvalue weighted by atomic mass is 9.90. The predicted molar refractivity (Wildman–Crippen MR) is 95.8 cm³/mol. The van der Waals surface area contributed by atoms with Crippen molar-refractivity contribution >= 4 is 11.8 Å². The van der Waals surface area contributed by atoms with Gasteiger partial charge in [-0.05, 0) is 39.0 Å². The van der Waals surface area contributed by atoms with Gasteiger partial charge in [0, 0.05) is 51.9 Å². The number of amides is 2. The van der Waals surface area contributed by atoms with Gasteiger partial charge in [-0.2, -0.15) is 0 Å². The summed E-state index contributed by atoms with van der Waals surface area (Å²) in [5.41, 5.74) is 0. The van der Waals surface area contributed by atoms with Crippen LogP contribution in [0.25, 0.3) is 0 Å². The van der Waals surface area contributed by atoms with Crippen LogP contribution in [0.15, 0.2) is 0 Å². The molecule has 1 atom stereocenters. The van der Waals surface area contributed by atoms with Crippen LogP contribution in [-0.4, -0.2) is 51.3 Å². The molecule has 0 aromatic carbocycles. The van der Waals surface area contributed by atoms with E-state index in [1.807, 2.05) is 27.7 Å². The third-order valence-corrected chi connectivity index (χ3v) is 3.78. The average molecular weight is 344 g/mol. The van der Waals surface area contributed by atoms with Gasteiger partial charge in [-0.15, -0.1) is 0 Å². The maximum absolute atomic E-state index is 12.3. The summed E-state index contributed by atoms with van der Waals surface area (Å²) in [6.07, 6.45) is 2.58. The Balaban J connectivity index is 3.97. The van der Waals surface area contributed by atoms with Crippen molar-refractivity contribution in [1.82, 2.24) is 10.6 Å². The Labute approximate surface area is 147 Å². The van der Waals surface area contributed by atoms with E-state index in [-0.39, 0.29) is 23.7 Å². The lowest BCUT2D eigenvalue weighted by Crippen LogP contribution is -2.35. The van der Waals surface area contributed by atoms with Gasteiger partial charge < -0.3 is 20.1 Å². The monoisotopic (exact) mass is 344 g/mol. The van der Waals surface area contributed by atoms with Crippen LogP contribution in [0.4, 0.5) is 0 Å². The molecular formula is C18H36N2O4. The highest BCUT2D eigenvalue weighted by Crippen LogP contribution is 2.17. The van der Waals surface area contributed by atoms with Gasteiger partial charge in [0.15, 0.2) is 0 Å². The van der Waals surface area contributed by atoms with E-state index in [1.54, 1.807) is 0 Å². The molecule has 142 valence electrons. The number of hydrogen-bond donors (Lipinski definition) is 2. The molecule has 2 amide bonds.